The van der Waals surface area contributed by atoms with Crippen LogP contribution in [-0.2, 0) is 16.1 Å². The van der Waals surface area contributed by atoms with Crippen LogP contribution in [0.25, 0.3) is 0 Å². The number of carbonyl (C=O) groups excluding carboxylic acids is 3. The highest BCUT2D eigenvalue weighted by Gasteiger charge is 2.39. The van der Waals surface area contributed by atoms with Crippen molar-refractivity contribution in [3.05, 3.63) is 29.3 Å². The molecule has 2 saturated heterocycles. The lowest BCUT2D eigenvalue weighted by molar-refractivity contribution is -0.136. The van der Waals surface area contributed by atoms with Gasteiger partial charge in [0.1, 0.15) is 6.04 Å². The molecule has 0 aliphatic carbocycles. The van der Waals surface area contributed by atoms with Gasteiger partial charge < -0.3 is 15.1 Å². The van der Waals surface area contributed by atoms with E-state index >= 15 is 0 Å². The molecule has 3 heterocycles. The molecule has 138 valence electrons. The molecule has 3 amide bonds. The van der Waals surface area contributed by atoms with Crippen LogP contribution in [0.3, 0.4) is 0 Å². The van der Waals surface area contributed by atoms with E-state index in [2.05, 4.69) is 35.4 Å². The molecule has 0 aromatic heterocycles. The van der Waals surface area contributed by atoms with Gasteiger partial charge in [0, 0.05) is 49.4 Å². The van der Waals surface area contributed by atoms with E-state index in [-0.39, 0.29) is 24.1 Å². The Kier molecular flexibility index (Phi) is 4.19. The summed E-state index contributed by atoms with van der Waals surface area (Å²) in [7, 11) is 0. The van der Waals surface area contributed by atoms with Crippen molar-refractivity contribution in [2.24, 2.45) is 0 Å². The molecule has 0 radical (unpaired) electrons. The second-order valence-electron chi connectivity index (χ2n) is 7.55. The van der Waals surface area contributed by atoms with Gasteiger partial charge in [-0.15, -0.1) is 0 Å². The lowest BCUT2D eigenvalue weighted by atomic mass is 10.0. The zero-order valence-corrected chi connectivity index (χ0v) is 15.1. The maximum atomic E-state index is 12.8. The van der Waals surface area contributed by atoms with Crippen LogP contribution in [0.2, 0.25) is 0 Å². The molecule has 7 nitrogen and oxygen atoms in total. The molecule has 2 unspecified atom stereocenters. The number of nitrogens with zero attached hydrogens (tertiary/aromatic N) is 2. The summed E-state index contributed by atoms with van der Waals surface area (Å²) >= 11 is 0. The smallest absolute Gasteiger partial charge is 0.255 e. The third kappa shape index (κ3) is 2.86. The van der Waals surface area contributed by atoms with Gasteiger partial charge in [-0.3, -0.25) is 19.7 Å². The molecular formula is C19H24N4O3. The summed E-state index contributed by atoms with van der Waals surface area (Å²) < 4.78 is 0. The minimum atomic E-state index is -0.561. The van der Waals surface area contributed by atoms with E-state index in [9.17, 15) is 14.4 Å². The molecule has 0 saturated carbocycles. The first-order valence-corrected chi connectivity index (χ1v) is 9.21. The maximum Gasteiger partial charge on any atom is 0.255 e. The number of imide groups is 1. The van der Waals surface area contributed by atoms with Crippen molar-refractivity contribution in [2.75, 3.05) is 18.0 Å². The Labute approximate surface area is 152 Å². The van der Waals surface area contributed by atoms with Crippen molar-refractivity contribution in [3.63, 3.8) is 0 Å². The number of fused-ring (bicyclic) bond motifs is 1. The van der Waals surface area contributed by atoms with E-state index in [1.165, 1.54) is 0 Å². The molecule has 1 aromatic rings. The largest absolute Gasteiger partial charge is 0.366 e. The highest BCUT2D eigenvalue weighted by atomic mass is 16.2. The maximum absolute atomic E-state index is 12.8. The van der Waals surface area contributed by atoms with E-state index in [1.807, 2.05) is 12.1 Å². The lowest BCUT2D eigenvalue weighted by Gasteiger charge is -2.39. The summed E-state index contributed by atoms with van der Waals surface area (Å²) in [6, 6.07) is 6.19. The van der Waals surface area contributed by atoms with Crippen LogP contribution >= 0.6 is 0 Å². The van der Waals surface area contributed by atoms with Crippen molar-refractivity contribution in [3.8, 4) is 0 Å². The van der Waals surface area contributed by atoms with E-state index in [4.69, 9.17) is 0 Å². The molecule has 3 aliphatic heterocycles. The Balaban J connectivity index is 1.57. The first-order valence-electron chi connectivity index (χ1n) is 9.21. The van der Waals surface area contributed by atoms with Crippen molar-refractivity contribution >= 4 is 23.4 Å². The number of hydrogen-bond donors (Lipinski definition) is 2. The van der Waals surface area contributed by atoms with Crippen LogP contribution in [0, 0.1) is 0 Å². The van der Waals surface area contributed by atoms with Gasteiger partial charge in [-0.1, -0.05) is 0 Å². The number of anilines is 1. The molecule has 3 aliphatic rings. The lowest BCUT2D eigenvalue weighted by Crippen LogP contribution is -2.54. The summed E-state index contributed by atoms with van der Waals surface area (Å²) in [5, 5.41) is 5.81. The fourth-order valence-electron chi connectivity index (χ4n) is 4.12. The Morgan fingerprint density at radius 3 is 2.69 bits per heavy atom. The first kappa shape index (κ1) is 17.0. The number of piperidine rings is 1. The Bertz CT molecular complexity index is 778. The van der Waals surface area contributed by atoms with E-state index in [0.29, 0.717) is 30.6 Å². The molecule has 2 fully saturated rings. The normalized spacial score (nSPS) is 29.0. The van der Waals surface area contributed by atoms with Crippen LogP contribution in [0.4, 0.5) is 5.69 Å². The minimum Gasteiger partial charge on any atom is -0.366 e. The highest BCUT2D eigenvalue weighted by molar-refractivity contribution is 6.05. The number of nitrogens with one attached hydrogen (secondary N) is 2. The van der Waals surface area contributed by atoms with Gasteiger partial charge in [0.15, 0.2) is 0 Å². The molecular weight excluding hydrogens is 332 g/mol. The second-order valence-corrected chi connectivity index (χ2v) is 7.55. The standard InChI is InChI=1S/C19H24N4O3/c1-11-9-22(12(2)8-20-11)14-3-4-15-13(7-14)10-23(19(15)26)16-5-6-17(24)21-18(16)25/h3-4,7,11-12,16,20H,5-6,8-10H2,1-2H3,(H,21,24,25)/t11?,12-,16?/m1/s1. The number of hydrogen-bond acceptors (Lipinski definition) is 5. The Morgan fingerprint density at radius 1 is 1.12 bits per heavy atom. The quantitative estimate of drug-likeness (QED) is 0.760. The number of carbonyl (C=O) groups is 3. The van der Waals surface area contributed by atoms with Crippen molar-refractivity contribution < 1.29 is 14.4 Å². The number of rotatable bonds is 2. The third-order valence-corrected chi connectivity index (χ3v) is 5.60. The Hall–Kier alpha value is -2.41. The molecule has 4 rings (SSSR count). The SMILES string of the molecule is CC1CN(c2ccc3c(c2)CN(C2CCC(=O)NC2=O)C3=O)[C@H](C)CN1. The minimum absolute atomic E-state index is 0.122. The van der Waals surface area contributed by atoms with Gasteiger partial charge in [-0.25, -0.2) is 0 Å². The van der Waals surface area contributed by atoms with Gasteiger partial charge in [0.25, 0.3) is 5.91 Å². The average Bonchev–Trinajstić information content (AvgIpc) is 2.93. The van der Waals surface area contributed by atoms with Gasteiger partial charge in [0.2, 0.25) is 11.8 Å². The number of piperazine rings is 1. The average molecular weight is 356 g/mol. The topological polar surface area (TPSA) is 81.8 Å². The zero-order valence-electron chi connectivity index (χ0n) is 15.1. The fourth-order valence-corrected chi connectivity index (χ4v) is 4.12. The summed E-state index contributed by atoms with van der Waals surface area (Å²) in [6.07, 6.45) is 0.668. The van der Waals surface area contributed by atoms with Crippen LogP contribution in [0.5, 0.6) is 0 Å². The molecule has 3 atom stereocenters. The summed E-state index contributed by atoms with van der Waals surface area (Å²) in [4.78, 5) is 40.2. The molecule has 0 spiro atoms. The molecule has 0 bridgehead atoms. The zero-order chi connectivity index (χ0) is 18.4. The van der Waals surface area contributed by atoms with E-state index < -0.39 is 6.04 Å². The Morgan fingerprint density at radius 2 is 1.92 bits per heavy atom. The second kappa shape index (κ2) is 6.39. The van der Waals surface area contributed by atoms with Crippen molar-refractivity contribution in [1.29, 1.82) is 0 Å². The first-order chi connectivity index (χ1) is 12.4. The monoisotopic (exact) mass is 356 g/mol. The van der Waals surface area contributed by atoms with Crippen molar-refractivity contribution in [1.82, 2.24) is 15.5 Å². The highest BCUT2D eigenvalue weighted by Crippen LogP contribution is 2.31. The number of benzene rings is 1. The van der Waals surface area contributed by atoms with Gasteiger partial charge in [0.05, 0.1) is 0 Å². The van der Waals surface area contributed by atoms with Gasteiger partial charge in [-0.2, -0.15) is 0 Å². The van der Waals surface area contributed by atoms with Gasteiger partial charge >= 0.3 is 0 Å². The summed E-state index contributed by atoms with van der Waals surface area (Å²) in [5.74, 6) is -0.755. The van der Waals surface area contributed by atoms with Crippen LogP contribution in [0.1, 0.15) is 42.6 Å². The van der Waals surface area contributed by atoms with E-state index in [1.54, 1.807) is 4.90 Å². The van der Waals surface area contributed by atoms with Crippen LogP contribution in [0.15, 0.2) is 18.2 Å². The van der Waals surface area contributed by atoms with Crippen LogP contribution in [-0.4, -0.2) is 53.8 Å². The predicted molar refractivity (Wildman–Crippen MR) is 96.8 cm³/mol. The summed E-state index contributed by atoms with van der Waals surface area (Å²) in [5.41, 5.74) is 2.73. The third-order valence-electron chi connectivity index (χ3n) is 5.60. The number of amides is 3. The summed E-state index contributed by atoms with van der Waals surface area (Å²) in [6.45, 7) is 6.63. The molecule has 1 aromatic carbocycles. The predicted octanol–water partition coefficient (Wildman–Crippen LogP) is 0.634. The fraction of sp³-hybridized carbons (Fsp3) is 0.526. The van der Waals surface area contributed by atoms with Crippen molar-refractivity contribution in [2.45, 2.75) is 51.4 Å². The molecule has 2 N–H and O–H groups in total. The van der Waals surface area contributed by atoms with E-state index in [0.717, 1.165) is 24.3 Å². The molecule has 7 heteroatoms. The van der Waals surface area contributed by atoms with Crippen LogP contribution < -0.4 is 15.5 Å². The van der Waals surface area contributed by atoms with Gasteiger partial charge in [-0.05, 0) is 44.0 Å². The molecule has 26 heavy (non-hydrogen) atoms.